The molecule has 1 atom stereocenters. The lowest BCUT2D eigenvalue weighted by Gasteiger charge is -2.29. The maximum atomic E-state index is 11.9. The van der Waals surface area contributed by atoms with Crippen molar-refractivity contribution in [3.8, 4) is 0 Å². The summed E-state index contributed by atoms with van der Waals surface area (Å²) >= 11 is 6.06. The minimum Gasteiger partial charge on any atom is -0.444 e. The molecule has 1 rings (SSSR count). The number of halogens is 1. The Labute approximate surface area is 113 Å². The standard InChI is InChI=1S/C13H19ClN2O2/c1-9(10-6-7-15-8-11(10)14)16(5)12(17)18-13(2,3)4/h6-9H,1-5H3. The Morgan fingerprint density at radius 1 is 1.50 bits per heavy atom. The van der Waals surface area contributed by atoms with Crippen LogP contribution in [0.1, 0.15) is 39.3 Å². The number of aromatic nitrogens is 1. The predicted molar refractivity (Wildman–Crippen MR) is 71.7 cm³/mol. The second-order valence-electron chi connectivity index (χ2n) is 5.16. The lowest BCUT2D eigenvalue weighted by atomic mass is 10.1. The topological polar surface area (TPSA) is 42.4 Å². The number of carbonyl (C=O) groups is 1. The minimum atomic E-state index is -0.507. The van der Waals surface area contributed by atoms with Gasteiger partial charge in [-0.1, -0.05) is 11.6 Å². The summed E-state index contributed by atoms with van der Waals surface area (Å²) in [5, 5.41) is 0.542. The summed E-state index contributed by atoms with van der Waals surface area (Å²) < 4.78 is 5.31. The number of ether oxygens (including phenoxy) is 1. The van der Waals surface area contributed by atoms with Crippen molar-refractivity contribution in [2.45, 2.75) is 39.3 Å². The van der Waals surface area contributed by atoms with E-state index in [9.17, 15) is 4.79 Å². The van der Waals surface area contributed by atoms with E-state index in [4.69, 9.17) is 16.3 Å². The van der Waals surface area contributed by atoms with Crippen LogP contribution in [0.2, 0.25) is 5.02 Å². The third-order valence-electron chi connectivity index (χ3n) is 2.52. The van der Waals surface area contributed by atoms with Crippen LogP contribution in [0.25, 0.3) is 0 Å². The fourth-order valence-corrected chi connectivity index (χ4v) is 1.70. The van der Waals surface area contributed by atoms with Crippen molar-refractivity contribution in [3.63, 3.8) is 0 Å². The zero-order valence-electron chi connectivity index (χ0n) is 11.4. The van der Waals surface area contributed by atoms with Gasteiger partial charge in [-0.3, -0.25) is 4.98 Å². The molecule has 100 valence electrons. The van der Waals surface area contributed by atoms with Crippen LogP contribution < -0.4 is 0 Å². The van der Waals surface area contributed by atoms with E-state index < -0.39 is 5.60 Å². The lowest BCUT2D eigenvalue weighted by Crippen LogP contribution is -2.35. The van der Waals surface area contributed by atoms with E-state index in [1.165, 1.54) is 4.90 Å². The quantitative estimate of drug-likeness (QED) is 0.824. The van der Waals surface area contributed by atoms with Crippen molar-refractivity contribution in [1.82, 2.24) is 9.88 Å². The van der Waals surface area contributed by atoms with Crippen LogP contribution >= 0.6 is 11.6 Å². The molecular formula is C13H19ClN2O2. The Kier molecular flexibility index (Phi) is 4.57. The Balaban J connectivity index is 2.82. The average molecular weight is 271 g/mol. The number of pyridine rings is 1. The fourth-order valence-electron chi connectivity index (χ4n) is 1.43. The molecule has 1 unspecified atom stereocenters. The zero-order valence-corrected chi connectivity index (χ0v) is 12.2. The zero-order chi connectivity index (χ0) is 13.9. The second-order valence-corrected chi connectivity index (χ2v) is 5.57. The summed E-state index contributed by atoms with van der Waals surface area (Å²) in [5.41, 5.74) is 0.340. The molecule has 0 aliphatic heterocycles. The van der Waals surface area contributed by atoms with Crippen LogP contribution in [0.5, 0.6) is 0 Å². The maximum Gasteiger partial charge on any atom is 0.410 e. The molecular weight excluding hydrogens is 252 g/mol. The van der Waals surface area contributed by atoms with Gasteiger partial charge >= 0.3 is 6.09 Å². The van der Waals surface area contributed by atoms with Gasteiger partial charge in [0.15, 0.2) is 0 Å². The molecule has 1 heterocycles. The van der Waals surface area contributed by atoms with Crippen LogP contribution in [-0.4, -0.2) is 28.6 Å². The highest BCUT2D eigenvalue weighted by molar-refractivity contribution is 6.31. The van der Waals surface area contributed by atoms with Crippen molar-refractivity contribution in [2.24, 2.45) is 0 Å². The van der Waals surface area contributed by atoms with Crippen molar-refractivity contribution < 1.29 is 9.53 Å². The molecule has 0 aliphatic rings. The first-order valence-corrected chi connectivity index (χ1v) is 6.15. The molecule has 0 aliphatic carbocycles. The molecule has 0 N–H and O–H groups in total. The van der Waals surface area contributed by atoms with E-state index in [-0.39, 0.29) is 12.1 Å². The summed E-state index contributed by atoms with van der Waals surface area (Å²) in [6.45, 7) is 7.40. The van der Waals surface area contributed by atoms with E-state index in [0.717, 1.165) is 5.56 Å². The van der Waals surface area contributed by atoms with Crippen molar-refractivity contribution in [3.05, 3.63) is 29.0 Å². The first-order chi connectivity index (χ1) is 8.22. The Bertz CT molecular complexity index is 429. The molecule has 1 aromatic rings. The molecule has 0 saturated carbocycles. The molecule has 1 amide bonds. The van der Waals surface area contributed by atoms with Crippen molar-refractivity contribution in [1.29, 1.82) is 0 Å². The third-order valence-corrected chi connectivity index (χ3v) is 2.83. The third kappa shape index (κ3) is 3.88. The Hall–Kier alpha value is -1.29. The van der Waals surface area contributed by atoms with Crippen LogP contribution in [0, 0.1) is 0 Å². The van der Waals surface area contributed by atoms with Crippen LogP contribution in [0.4, 0.5) is 4.79 Å². The molecule has 0 spiro atoms. The van der Waals surface area contributed by atoms with Gasteiger partial charge in [-0.15, -0.1) is 0 Å². The van der Waals surface area contributed by atoms with Crippen molar-refractivity contribution >= 4 is 17.7 Å². The van der Waals surface area contributed by atoms with Crippen LogP contribution in [0.3, 0.4) is 0 Å². The predicted octanol–water partition coefficient (Wildman–Crippen LogP) is 3.66. The molecule has 0 saturated heterocycles. The molecule has 4 nitrogen and oxygen atoms in total. The van der Waals surface area contributed by atoms with Gasteiger partial charge in [0.25, 0.3) is 0 Å². The number of hydrogen-bond acceptors (Lipinski definition) is 3. The Morgan fingerprint density at radius 3 is 2.61 bits per heavy atom. The molecule has 18 heavy (non-hydrogen) atoms. The molecule has 0 aromatic carbocycles. The largest absolute Gasteiger partial charge is 0.444 e. The van der Waals surface area contributed by atoms with Gasteiger partial charge in [0.2, 0.25) is 0 Å². The molecule has 1 aromatic heterocycles. The first kappa shape index (κ1) is 14.8. The average Bonchev–Trinajstić information content (AvgIpc) is 2.25. The number of rotatable bonds is 2. The van der Waals surface area contributed by atoms with Gasteiger partial charge < -0.3 is 9.64 Å². The summed E-state index contributed by atoms with van der Waals surface area (Å²) in [7, 11) is 1.69. The lowest BCUT2D eigenvalue weighted by molar-refractivity contribution is 0.0234. The monoisotopic (exact) mass is 270 g/mol. The van der Waals surface area contributed by atoms with Crippen LogP contribution in [0.15, 0.2) is 18.5 Å². The van der Waals surface area contributed by atoms with Crippen molar-refractivity contribution in [2.75, 3.05) is 7.05 Å². The SMILES string of the molecule is CC(c1ccncc1Cl)N(C)C(=O)OC(C)(C)C. The van der Waals surface area contributed by atoms with Gasteiger partial charge in [-0.05, 0) is 39.3 Å². The van der Waals surface area contributed by atoms with E-state index in [1.54, 1.807) is 25.5 Å². The normalized spacial score (nSPS) is 13.0. The number of nitrogens with zero attached hydrogens (tertiary/aromatic N) is 2. The highest BCUT2D eigenvalue weighted by Gasteiger charge is 2.24. The molecule has 5 heteroatoms. The second kappa shape index (κ2) is 5.57. The maximum absolute atomic E-state index is 11.9. The van der Waals surface area contributed by atoms with E-state index >= 15 is 0 Å². The first-order valence-electron chi connectivity index (χ1n) is 5.77. The van der Waals surface area contributed by atoms with Gasteiger partial charge in [-0.2, -0.15) is 0 Å². The van der Waals surface area contributed by atoms with Gasteiger partial charge in [0.05, 0.1) is 11.1 Å². The molecule has 0 radical (unpaired) electrons. The van der Waals surface area contributed by atoms with Crippen LogP contribution in [-0.2, 0) is 4.74 Å². The fraction of sp³-hybridized carbons (Fsp3) is 0.538. The smallest absolute Gasteiger partial charge is 0.410 e. The molecule has 0 bridgehead atoms. The number of carbonyl (C=O) groups excluding carboxylic acids is 1. The summed E-state index contributed by atoms with van der Waals surface area (Å²) in [6, 6.07) is 1.63. The minimum absolute atomic E-state index is 0.171. The summed E-state index contributed by atoms with van der Waals surface area (Å²) in [6.07, 6.45) is 2.85. The number of hydrogen-bond donors (Lipinski definition) is 0. The van der Waals surface area contributed by atoms with E-state index in [2.05, 4.69) is 4.98 Å². The summed E-state index contributed by atoms with van der Waals surface area (Å²) in [5.74, 6) is 0. The molecule has 0 fully saturated rings. The van der Waals surface area contributed by atoms with Gasteiger partial charge in [-0.25, -0.2) is 4.79 Å². The van der Waals surface area contributed by atoms with E-state index in [1.807, 2.05) is 27.7 Å². The van der Waals surface area contributed by atoms with Gasteiger partial charge in [0, 0.05) is 19.4 Å². The number of amides is 1. The van der Waals surface area contributed by atoms with Gasteiger partial charge in [0.1, 0.15) is 5.60 Å². The van der Waals surface area contributed by atoms with E-state index in [0.29, 0.717) is 5.02 Å². The summed E-state index contributed by atoms with van der Waals surface area (Å²) in [4.78, 5) is 17.4. The Morgan fingerprint density at radius 2 is 2.11 bits per heavy atom. The highest BCUT2D eigenvalue weighted by atomic mass is 35.5. The highest BCUT2D eigenvalue weighted by Crippen LogP contribution is 2.26.